The smallest absolute Gasteiger partial charge is 0.809 e. The molecule has 13 heteroatoms. The van der Waals surface area contributed by atoms with E-state index < -0.39 is 49.7 Å². The number of ether oxygens (including phenoxy) is 2. The predicted molar refractivity (Wildman–Crippen MR) is 69.0 cm³/mol. The molecule has 1 fully saturated rings. The first-order valence-electron chi connectivity index (χ1n) is 6.38. The van der Waals surface area contributed by atoms with Gasteiger partial charge in [-0.2, -0.15) is 0 Å². The van der Waals surface area contributed by atoms with Gasteiger partial charge in [-0.05, 0) is 21.4 Å². The fourth-order valence-corrected chi connectivity index (χ4v) is 2.59. The van der Waals surface area contributed by atoms with Crippen LogP contribution in [-0.2, 0) is 14.0 Å². The summed E-state index contributed by atoms with van der Waals surface area (Å²) in [5, 5.41) is 10.2. The van der Waals surface area contributed by atoms with Gasteiger partial charge in [0.1, 0.15) is 12.2 Å². The first-order chi connectivity index (χ1) is 10.1. The van der Waals surface area contributed by atoms with Crippen LogP contribution < -0.4 is 80.2 Å². The zero-order valence-corrected chi connectivity index (χ0v) is 18.7. The molecule has 2 N–H and O–H groups in total. The number of rotatable bonds is 4. The normalized spacial score (nSPS) is 26.5. The van der Waals surface area contributed by atoms with Gasteiger partial charge in [-0.15, -0.1) is 0 Å². The standard InChI is InChI=1S/C11H17N2O8P.2Na/c1-5-3-13(11(16)12-9(5)15)10-7(14)8(6(2)21-10)20-4-22(17,18)19;;/h3,6-8,10,14H,4H2,1-2H3,(H,12,15,16)(H2,17,18,19);;/q;2*+1/p-2/t6-,7-,8+,10-;;/m1../s1. The van der Waals surface area contributed by atoms with Crippen molar-refractivity contribution in [1.29, 1.82) is 0 Å². The van der Waals surface area contributed by atoms with Crippen LogP contribution >= 0.6 is 7.60 Å². The Kier molecular flexibility index (Phi) is 9.87. The maximum Gasteiger partial charge on any atom is 1.00 e. The molecule has 0 aliphatic carbocycles. The minimum atomic E-state index is -4.89. The SMILES string of the molecule is Cc1cn([C@@H]2O[C@H](C)[C@H](OCP(=O)([O-])[O-])[C@H]2O)c(=O)[nH]c1=O.[Na+].[Na+]. The second-order valence-electron chi connectivity index (χ2n) is 5.07. The number of aromatic amines is 1. The van der Waals surface area contributed by atoms with Crippen molar-refractivity contribution in [1.82, 2.24) is 9.55 Å². The second-order valence-corrected chi connectivity index (χ2v) is 6.55. The van der Waals surface area contributed by atoms with Gasteiger partial charge in [0.2, 0.25) is 0 Å². The Balaban J connectivity index is 0.00000264. The summed E-state index contributed by atoms with van der Waals surface area (Å²) in [7, 11) is -4.89. The average Bonchev–Trinajstić information content (AvgIpc) is 2.66. The summed E-state index contributed by atoms with van der Waals surface area (Å²) in [6, 6.07) is 0. The molecular weight excluding hydrogens is 365 g/mol. The molecule has 1 saturated heterocycles. The summed E-state index contributed by atoms with van der Waals surface area (Å²) in [5.41, 5.74) is -1.12. The number of hydrogen-bond donors (Lipinski definition) is 2. The maximum absolute atomic E-state index is 11.8. The van der Waals surface area contributed by atoms with Crippen LogP contribution in [0.4, 0.5) is 0 Å². The van der Waals surface area contributed by atoms with Crippen LogP contribution in [0.15, 0.2) is 15.8 Å². The van der Waals surface area contributed by atoms with Crippen molar-refractivity contribution in [3.8, 4) is 0 Å². The molecule has 4 atom stereocenters. The molecule has 0 unspecified atom stereocenters. The van der Waals surface area contributed by atoms with E-state index in [1.165, 1.54) is 20.0 Å². The summed E-state index contributed by atoms with van der Waals surface area (Å²) in [6.07, 6.45) is -4.28. The van der Waals surface area contributed by atoms with E-state index in [9.17, 15) is 29.0 Å². The third kappa shape index (κ3) is 5.87. The largest absolute Gasteiger partial charge is 1.00 e. The zero-order chi connectivity index (χ0) is 16.7. The number of aromatic nitrogens is 2. The molecule has 0 bridgehead atoms. The quantitative estimate of drug-likeness (QED) is 0.385. The summed E-state index contributed by atoms with van der Waals surface area (Å²) in [5.74, 6) is 0. The molecule has 1 aromatic heterocycles. The van der Waals surface area contributed by atoms with Crippen molar-refractivity contribution < 1.29 is 88.0 Å². The fraction of sp³-hybridized carbons (Fsp3) is 0.636. The van der Waals surface area contributed by atoms with Gasteiger partial charge < -0.3 is 28.9 Å². The number of nitrogens with one attached hydrogen (secondary N) is 1. The minimum absolute atomic E-state index is 0. The number of aliphatic hydroxyl groups is 1. The number of aryl methyl sites for hydroxylation is 1. The molecule has 2 rings (SSSR count). The fourth-order valence-electron chi connectivity index (χ4n) is 2.23. The van der Waals surface area contributed by atoms with Crippen molar-refractivity contribution in [3.05, 3.63) is 32.6 Å². The van der Waals surface area contributed by atoms with Gasteiger partial charge in [0.05, 0.1) is 12.5 Å². The van der Waals surface area contributed by atoms with Crippen LogP contribution in [-0.4, -0.2) is 39.3 Å². The number of H-pyrrole nitrogens is 1. The summed E-state index contributed by atoms with van der Waals surface area (Å²) in [6.45, 7) is 2.97. The Morgan fingerprint density at radius 2 is 2.00 bits per heavy atom. The third-order valence-electron chi connectivity index (χ3n) is 3.29. The molecule has 0 aromatic carbocycles. The first-order valence-corrected chi connectivity index (χ1v) is 8.11. The van der Waals surface area contributed by atoms with E-state index >= 15 is 0 Å². The topological polar surface area (TPSA) is 157 Å². The molecule has 0 spiro atoms. The first kappa shape index (κ1) is 24.7. The van der Waals surface area contributed by atoms with Crippen molar-refractivity contribution >= 4 is 7.60 Å². The molecule has 124 valence electrons. The van der Waals surface area contributed by atoms with E-state index in [2.05, 4.69) is 4.98 Å². The van der Waals surface area contributed by atoms with E-state index in [1.807, 2.05) is 0 Å². The van der Waals surface area contributed by atoms with Gasteiger partial charge in [-0.25, -0.2) is 4.79 Å². The van der Waals surface area contributed by atoms with E-state index in [4.69, 9.17) is 9.47 Å². The molecule has 10 nitrogen and oxygen atoms in total. The van der Waals surface area contributed by atoms with Gasteiger partial charge in [0, 0.05) is 11.8 Å². The zero-order valence-electron chi connectivity index (χ0n) is 13.8. The van der Waals surface area contributed by atoms with Crippen LogP contribution in [0.5, 0.6) is 0 Å². The molecule has 1 aliphatic heterocycles. The van der Waals surface area contributed by atoms with E-state index in [1.54, 1.807) is 0 Å². The molecule has 24 heavy (non-hydrogen) atoms. The van der Waals surface area contributed by atoms with Gasteiger partial charge >= 0.3 is 64.8 Å². The van der Waals surface area contributed by atoms with Gasteiger partial charge in [-0.1, -0.05) is 0 Å². The van der Waals surface area contributed by atoms with E-state index in [-0.39, 0.29) is 64.7 Å². The Hall–Kier alpha value is 0.710. The number of hydrogen-bond acceptors (Lipinski definition) is 8. The van der Waals surface area contributed by atoms with E-state index in [0.717, 1.165) is 4.57 Å². The van der Waals surface area contributed by atoms with Crippen molar-refractivity contribution in [2.75, 3.05) is 6.35 Å². The van der Waals surface area contributed by atoms with Crippen molar-refractivity contribution in [2.24, 2.45) is 0 Å². The van der Waals surface area contributed by atoms with Crippen molar-refractivity contribution in [3.63, 3.8) is 0 Å². The Morgan fingerprint density at radius 3 is 2.54 bits per heavy atom. The molecule has 2 heterocycles. The molecule has 0 amide bonds. The second kappa shape index (κ2) is 9.59. The summed E-state index contributed by atoms with van der Waals surface area (Å²) < 4.78 is 21.9. The van der Waals surface area contributed by atoms with Crippen LogP contribution in [0.2, 0.25) is 0 Å². The third-order valence-corrected chi connectivity index (χ3v) is 3.76. The van der Waals surface area contributed by atoms with Crippen LogP contribution in [0, 0.1) is 6.92 Å². The van der Waals surface area contributed by atoms with E-state index in [0.29, 0.717) is 0 Å². The number of nitrogens with zero attached hydrogens (tertiary/aromatic N) is 1. The molecule has 1 aromatic rings. The Labute approximate surface area is 181 Å². The van der Waals surface area contributed by atoms with Crippen molar-refractivity contribution in [2.45, 2.75) is 38.4 Å². The van der Waals surface area contributed by atoms with Crippen LogP contribution in [0.25, 0.3) is 0 Å². The van der Waals surface area contributed by atoms with Gasteiger partial charge in [0.25, 0.3) is 5.56 Å². The molecule has 0 saturated carbocycles. The van der Waals surface area contributed by atoms with Crippen LogP contribution in [0.3, 0.4) is 0 Å². The Morgan fingerprint density at radius 1 is 1.42 bits per heavy atom. The molecular formula is C11H15N2Na2O8P. The minimum Gasteiger partial charge on any atom is -0.809 e. The monoisotopic (exact) mass is 380 g/mol. The maximum atomic E-state index is 11.8. The molecule has 1 aliphatic rings. The summed E-state index contributed by atoms with van der Waals surface area (Å²) in [4.78, 5) is 46.4. The molecule has 0 radical (unpaired) electrons. The van der Waals surface area contributed by atoms with Crippen LogP contribution in [0.1, 0.15) is 18.7 Å². The van der Waals surface area contributed by atoms with Gasteiger partial charge in [-0.3, -0.25) is 14.3 Å². The summed E-state index contributed by atoms with van der Waals surface area (Å²) >= 11 is 0. The average molecular weight is 380 g/mol. The van der Waals surface area contributed by atoms with Gasteiger partial charge in [0.15, 0.2) is 6.23 Å². The predicted octanol–water partition coefficient (Wildman–Crippen LogP) is -8.61. The number of aliphatic hydroxyl groups excluding tert-OH is 1. The Bertz CT molecular complexity index is 717.